The Balaban J connectivity index is 1.60. The van der Waals surface area contributed by atoms with Crippen molar-refractivity contribution in [1.82, 2.24) is 9.55 Å². The normalized spacial score (nSPS) is 10.5. The molecule has 5 nitrogen and oxygen atoms in total. The van der Waals surface area contributed by atoms with E-state index in [0.717, 1.165) is 16.3 Å². The number of carbonyl (C=O) groups excluding carboxylic acids is 1. The van der Waals surface area contributed by atoms with Crippen LogP contribution in [-0.2, 0) is 4.79 Å². The number of hydrogen-bond acceptors (Lipinski definition) is 4. The van der Waals surface area contributed by atoms with Crippen LogP contribution in [0.1, 0.15) is 0 Å². The molecule has 25 heavy (non-hydrogen) atoms. The lowest BCUT2D eigenvalue weighted by molar-refractivity contribution is -0.113. The molecule has 7 heteroatoms. The van der Waals surface area contributed by atoms with Gasteiger partial charge >= 0.3 is 0 Å². The molecular formula is C18H16ClN3O2S. The Morgan fingerprint density at radius 1 is 1.32 bits per heavy atom. The van der Waals surface area contributed by atoms with Crippen molar-refractivity contribution in [3.05, 3.63) is 66.2 Å². The number of aromatic nitrogens is 2. The van der Waals surface area contributed by atoms with Crippen LogP contribution < -0.4 is 10.1 Å². The van der Waals surface area contributed by atoms with Crippen molar-refractivity contribution < 1.29 is 9.53 Å². The van der Waals surface area contributed by atoms with Gasteiger partial charge in [0.1, 0.15) is 5.75 Å². The number of rotatable bonds is 6. The summed E-state index contributed by atoms with van der Waals surface area (Å²) >= 11 is 7.74. The minimum atomic E-state index is -0.0979. The molecule has 0 aliphatic heterocycles. The number of hydrogen-bond donors (Lipinski definition) is 1. The standard InChI is InChI=1S/C18H16ClN3O2S/c1-24-14-3-2-4-15(10-14)25-11-18(23)21-13-5-6-17(16(19)9-13)22-8-7-20-12-22/h2-10,12H,11H2,1H3,(H,21,23). The molecule has 0 aliphatic rings. The highest BCUT2D eigenvalue weighted by Gasteiger charge is 2.08. The van der Waals surface area contributed by atoms with E-state index in [1.54, 1.807) is 25.7 Å². The van der Waals surface area contributed by atoms with E-state index in [4.69, 9.17) is 16.3 Å². The van der Waals surface area contributed by atoms with Gasteiger partial charge in [0.15, 0.2) is 0 Å². The third kappa shape index (κ3) is 4.55. The Morgan fingerprint density at radius 3 is 2.92 bits per heavy atom. The van der Waals surface area contributed by atoms with Crippen LogP contribution in [0.25, 0.3) is 5.69 Å². The van der Waals surface area contributed by atoms with Gasteiger partial charge in [0.05, 0.1) is 29.9 Å². The topological polar surface area (TPSA) is 56.1 Å². The second-order valence-corrected chi connectivity index (χ2v) is 6.61. The number of thioether (sulfide) groups is 1. The number of halogens is 1. The summed E-state index contributed by atoms with van der Waals surface area (Å²) in [5.41, 5.74) is 1.47. The Labute approximate surface area is 155 Å². The average molecular weight is 374 g/mol. The van der Waals surface area contributed by atoms with E-state index in [1.807, 2.05) is 47.2 Å². The zero-order chi connectivity index (χ0) is 17.6. The number of nitrogens with zero attached hydrogens (tertiary/aromatic N) is 2. The van der Waals surface area contributed by atoms with Crippen LogP contribution in [0.15, 0.2) is 66.1 Å². The van der Waals surface area contributed by atoms with Crippen LogP contribution in [0.2, 0.25) is 5.02 Å². The van der Waals surface area contributed by atoms with Gasteiger partial charge < -0.3 is 14.6 Å². The van der Waals surface area contributed by atoms with Crippen LogP contribution in [0.4, 0.5) is 5.69 Å². The van der Waals surface area contributed by atoms with E-state index >= 15 is 0 Å². The highest BCUT2D eigenvalue weighted by atomic mass is 35.5. The number of ether oxygens (including phenoxy) is 1. The largest absolute Gasteiger partial charge is 0.497 e. The first kappa shape index (κ1) is 17.4. The lowest BCUT2D eigenvalue weighted by Crippen LogP contribution is -2.14. The third-order valence-electron chi connectivity index (χ3n) is 3.43. The first-order valence-corrected chi connectivity index (χ1v) is 8.86. The van der Waals surface area contributed by atoms with Crippen LogP contribution in [0.3, 0.4) is 0 Å². The summed E-state index contributed by atoms with van der Waals surface area (Å²) in [4.78, 5) is 17.1. The highest BCUT2D eigenvalue weighted by molar-refractivity contribution is 8.00. The van der Waals surface area contributed by atoms with Crippen LogP contribution >= 0.6 is 23.4 Å². The zero-order valence-electron chi connectivity index (χ0n) is 13.5. The molecule has 1 aromatic heterocycles. The van der Waals surface area contributed by atoms with Crippen molar-refractivity contribution in [3.8, 4) is 11.4 Å². The lowest BCUT2D eigenvalue weighted by Gasteiger charge is -2.09. The first-order valence-electron chi connectivity index (χ1n) is 7.50. The molecule has 3 rings (SSSR count). The molecular weight excluding hydrogens is 358 g/mol. The van der Waals surface area contributed by atoms with Crippen molar-refractivity contribution >= 4 is 35.0 Å². The Morgan fingerprint density at radius 2 is 2.20 bits per heavy atom. The van der Waals surface area contributed by atoms with E-state index in [-0.39, 0.29) is 5.91 Å². The summed E-state index contributed by atoms with van der Waals surface area (Å²) in [7, 11) is 1.62. The molecule has 1 heterocycles. The van der Waals surface area contributed by atoms with Crippen molar-refractivity contribution in [2.24, 2.45) is 0 Å². The van der Waals surface area contributed by atoms with E-state index in [9.17, 15) is 4.79 Å². The van der Waals surface area contributed by atoms with Crippen LogP contribution in [0, 0.1) is 0 Å². The zero-order valence-corrected chi connectivity index (χ0v) is 15.1. The Hall–Kier alpha value is -2.44. The monoisotopic (exact) mass is 373 g/mol. The summed E-state index contributed by atoms with van der Waals surface area (Å²) < 4.78 is 6.99. The maximum absolute atomic E-state index is 12.1. The summed E-state index contributed by atoms with van der Waals surface area (Å²) in [5, 5.41) is 3.39. The number of nitrogens with one attached hydrogen (secondary N) is 1. The second kappa shape index (κ2) is 8.09. The first-order chi connectivity index (χ1) is 12.2. The fourth-order valence-electron chi connectivity index (χ4n) is 2.23. The van der Waals surface area contributed by atoms with Crippen molar-refractivity contribution in [2.45, 2.75) is 4.90 Å². The number of amides is 1. The molecule has 1 amide bonds. The number of carbonyl (C=O) groups is 1. The smallest absolute Gasteiger partial charge is 0.234 e. The fraction of sp³-hybridized carbons (Fsp3) is 0.111. The highest BCUT2D eigenvalue weighted by Crippen LogP contribution is 2.25. The molecule has 0 bridgehead atoms. The van der Waals surface area contributed by atoms with Gasteiger partial charge in [-0.2, -0.15) is 0 Å². The Kier molecular flexibility index (Phi) is 5.63. The van der Waals surface area contributed by atoms with Gasteiger partial charge in [-0.05, 0) is 36.4 Å². The number of anilines is 1. The lowest BCUT2D eigenvalue weighted by atomic mass is 10.2. The van der Waals surface area contributed by atoms with Gasteiger partial charge in [-0.15, -0.1) is 11.8 Å². The molecule has 0 spiro atoms. The molecule has 0 saturated heterocycles. The predicted molar refractivity (Wildman–Crippen MR) is 101 cm³/mol. The molecule has 0 fully saturated rings. The molecule has 2 aromatic carbocycles. The predicted octanol–water partition coefficient (Wildman–Crippen LogP) is 4.27. The Bertz CT molecular complexity index is 869. The minimum absolute atomic E-state index is 0.0979. The van der Waals surface area contributed by atoms with Gasteiger partial charge in [-0.3, -0.25) is 4.79 Å². The van der Waals surface area contributed by atoms with Crippen molar-refractivity contribution in [2.75, 3.05) is 18.2 Å². The van der Waals surface area contributed by atoms with Gasteiger partial charge in [0, 0.05) is 23.0 Å². The van der Waals surface area contributed by atoms with Gasteiger partial charge in [-0.25, -0.2) is 4.98 Å². The van der Waals surface area contributed by atoms with Crippen LogP contribution in [-0.4, -0.2) is 28.3 Å². The minimum Gasteiger partial charge on any atom is -0.497 e. The number of imidazole rings is 1. The number of benzene rings is 2. The fourth-order valence-corrected chi connectivity index (χ4v) is 3.25. The van der Waals surface area contributed by atoms with Crippen LogP contribution in [0.5, 0.6) is 5.75 Å². The molecule has 0 unspecified atom stereocenters. The van der Waals surface area contributed by atoms with Crippen molar-refractivity contribution in [1.29, 1.82) is 0 Å². The SMILES string of the molecule is COc1cccc(SCC(=O)Nc2ccc(-n3ccnc3)c(Cl)c2)c1. The van der Waals surface area contributed by atoms with E-state index < -0.39 is 0 Å². The second-order valence-electron chi connectivity index (χ2n) is 5.15. The molecule has 1 N–H and O–H groups in total. The average Bonchev–Trinajstić information content (AvgIpc) is 3.14. The summed E-state index contributed by atoms with van der Waals surface area (Å²) in [6.07, 6.45) is 5.16. The molecule has 0 atom stereocenters. The molecule has 0 aliphatic carbocycles. The van der Waals surface area contributed by atoms with Gasteiger partial charge in [0.25, 0.3) is 0 Å². The van der Waals surface area contributed by atoms with E-state index in [0.29, 0.717) is 16.5 Å². The van der Waals surface area contributed by atoms with Crippen molar-refractivity contribution in [3.63, 3.8) is 0 Å². The van der Waals surface area contributed by atoms with Gasteiger partial charge in [0.2, 0.25) is 5.91 Å². The maximum atomic E-state index is 12.1. The summed E-state index contributed by atoms with van der Waals surface area (Å²) in [5.74, 6) is 0.972. The third-order valence-corrected chi connectivity index (χ3v) is 4.72. The molecule has 3 aromatic rings. The number of methoxy groups -OCH3 is 1. The molecule has 128 valence electrons. The van der Waals surface area contributed by atoms with E-state index in [2.05, 4.69) is 10.3 Å². The van der Waals surface area contributed by atoms with E-state index in [1.165, 1.54) is 11.8 Å². The quantitative estimate of drug-likeness (QED) is 0.656. The maximum Gasteiger partial charge on any atom is 0.234 e. The van der Waals surface area contributed by atoms with Gasteiger partial charge in [-0.1, -0.05) is 17.7 Å². The summed E-state index contributed by atoms with van der Waals surface area (Å²) in [6, 6.07) is 13.0. The molecule has 0 saturated carbocycles. The molecule has 0 radical (unpaired) electrons. The summed E-state index contributed by atoms with van der Waals surface area (Å²) in [6.45, 7) is 0.